The summed E-state index contributed by atoms with van der Waals surface area (Å²) in [7, 11) is 1.72. The van der Waals surface area contributed by atoms with Gasteiger partial charge < -0.3 is 10.6 Å². The lowest BCUT2D eigenvalue weighted by Gasteiger charge is -2.21. The van der Waals surface area contributed by atoms with Crippen molar-refractivity contribution >= 4 is 11.4 Å². The Kier molecular flexibility index (Phi) is 4.20. The maximum Gasteiger partial charge on any atom is 0.433 e. The predicted molar refractivity (Wildman–Crippen MR) is 61.8 cm³/mol. The molecule has 17 heavy (non-hydrogen) atoms. The molecule has 0 aliphatic heterocycles. The van der Waals surface area contributed by atoms with E-state index in [1.165, 1.54) is 0 Å². The normalized spacial score (nSPS) is 11.6. The molecular weight excluding hydrogens is 231 g/mol. The van der Waals surface area contributed by atoms with Crippen LogP contribution in [0, 0.1) is 0 Å². The van der Waals surface area contributed by atoms with Gasteiger partial charge in [-0.25, -0.2) is 4.98 Å². The zero-order chi connectivity index (χ0) is 13.1. The van der Waals surface area contributed by atoms with E-state index in [9.17, 15) is 13.2 Å². The molecule has 3 nitrogen and oxygen atoms in total. The van der Waals surface area contributed by atoms with Crippen LogP contribution in [-0.2, 0) is 6.18 Å². The molecule has 0 atom stereocenters. The van der Waals surface area contributed by atoms with E-state index in [4.69, 9.17) is 5.73 Å². The number of halogens is 3. The lowest BCUT2D eigenvalue weighted by atomic mass is 10.2. The van der Waals surface area contributed by atoms with E-state index in [2.05, 4.69) is 4.98 Å². The zero-order valence-electron chi connectivity index (χ0n) is 9.88. The van der Waals surface area contributed by atoms with Crippen molar-refractivity contribution < 1.29 is 13.2 Å². The van der Waals surface area contributed by atoms with Crippen LogP contribution in [0.2, 0.25) is 0 Å². The van der Waals surface area contributed by atoms with Crippen LogP contribution in [0.5, 0.6) is 0 Å². The average molecular weight is 247 g/mol. The van der Waals surface area contributed by atoms with Crippen LogP contribution in [-0.4, -0.2) is 18.6 Å². The standard InChI is InChI=1S/C11H16F3N3/c1-3-4-5-17(2)9-6-10(11(12,13)14)16-7-8(9)15/h6-7H,3-5,15H2,1-2H3. The van der Waals surface area contributed by atoms with Gasteiger partial charge in [-0.2, -0.15) is 13.2 Å². The molecule has 0 amide bonds. The van der Waals surface area contributed by atoms with Crippen LogP contribution in [0.15, 0.2) is 12.3 Å². The van der Waals surface area contributed by atoms with Gasteiger partial charge in [-0.3, -0.25) is 0 Å². The van der Waals surface area contributed by atoms with Crippen molar-refractivity contribution in [2.24, 2.45) is 0 Å². The highest BCUT2D eigenvalue weighted by molar-refractivity contribution is 5.66. The summed E-state index contributed by atoms with van der Waals surface area (Å²) in [5, 5.41) is 0. The van der Waals surface area contributed by atoms with Gasteiger partial charge in [0, 0.05) is 13.6 Å². The number of nitrogens with two attached hydrogens (primary N) is 1. The number of unbranched alkanes of at least 4 members (excludes halogenated alkanes) is 1. The number of anilines is 2. The van der Waals surface area contributed by atoms with Gasteiger partial charge >= 0.3 is 6.18 Å². The van der Waals surface area contributed by atoms with Crippen LogP contribution < -0.4 is 10.6 Å². The summed E-state index contributed by atoms with van der Waals surface area (Å²) in [6.45, 7) is 2.69. The van der Waals surface area contributed by atoms with Gasteiger partial charge in [0.2, 0.25) is 0 Å². The summed E-state index contributed by atoms with van der Waals surface area (Å²) in [6.07, 6.45) is -1.50. The third-order valence-electron chi connectivity index (χ3n) is 2.46. The van der Waals surface area contributed by atoms with Gasteiger partial charge in [0.05, 0.1) is 17.6 Å². The first-order chi connectivity index (χ1) is 7.86. The summed E-state index contributed by atoms with van der Waals surface area (Å²) in [4.78, 5) is 5.01. The van der Waals surface area contributed by atoms with Crippen molar-refractivity contribution in [1.82, 2.24) is 4.98 Å². The summed E-state index contributed by atoms with van der Waals surface area (Å²) in [5.74, 6) is 0. The molecule has 2 N–H and O–H groups in total. The number of hydrogen-bond donors (Lipinski definition) is 1. The van der Waals surface area contributed by atoms with Gasteiger partial charge in [0.25, 0.3) is 0 Å². The second-order valence-corrected chi connectivity index (χ2v) is 3.90. The number of aromatic nitrogens is 1. The molecule has 96 valence electrons. The maximum absolute atomic E-state index is 12.5. The quantitative estimate of drug-likeness (QED) is 0.889. The Morgan fingerprint density at radius 1 is 1.41 bits per heavy atom. The van der Waals surface area contributed by atoms with E-state index >= 15 is 0 Å². The molecule has 0 bridgehead atoms. The third-order valence-corrected chi connectivity index (χ3v) is 2.46. The number of nitrogens with zero attached hydrogens (tertiary/aromatic N) is 2. The van der Waals surface area contributed by atoms with Crippen molar-refractivity contribution in [3.8, 4) is 0 Å². The van der Waals surface area contributed by atoms with Gasteiger partial charge in [-0.05, 0) is 12.5 Å². The maximum atomic E-state index is 12.5. The molecule has 0 saturated carbocycles. The van der Waals surface area contributed by atoms with E-state index in [-0.39, 0.29) is 5.69 Å². The van der Waals surface area contributed by atoms with E-state index in [1.807, 2.05) is 6.92 Å². The molecule has 0 fully saturated rings. The average Bonchev–Trinajstić information content (AvgIpc) is 2.24. The van der Waals surface area contributed by atoms with Gasteiger partial charge in [-0.15, -0.1) is 0 Å². The predicted octanol–water partition coefficient (Wildman–Crippen LogP) is 2.92. The monoisotopic (exact) mass is 247 g/mol. The first kappa shape index (κ1) is 13.6. The number of hydrogen-bond acceptors (Lipinski definition) is 3. The van der Waals surface area contributed by atoms with Gasteiger partial charge in [0.15, 0.2) is 0 Å². The summed E-state index contributed by atoms with van der Waals surface area (Å²) < 4.78 is 37.5. The van der Waals surface area contributed by atoms with Crippen molar-refractivity contribution in [2.45, 2.75) is 25.9 Å². The molecule has 6 heteroatoms. The lowest BCUT2D eigenvalue weighted by Crippen LogP contribution is -2.21. The Balaban J connectivity index is 2.98. The highest BCUT2D eigenvalue weighted by atomic mass is 19.4. The van der Waals surface area contributed by atoms with Crippen LogP contribution in [0.3, 0.4) is 0 Å². The minimum Gasteiger partial charge on any atom is -0.396 e. The van der Waals surface area contributed by atoms with Crippen LogP contribution in [0.4, 0.5) is 24.5 Å². The van der Waals surface area contributed by atoms with E-state index < -0.39 is 11.9 Å². The Labute approximate surface area is 98.4 Å². The minimum absolute atomic E-state index is 0.261. The largest absolute Gasteiger partial charge is 0.433 e. The van der Waals surface area contributed by atoms with E-state index in [0.29, 0.717) is 12.2 Å². The first-order valence-electron chi connectivity index (χ1n) is 5.40. The molecule has 0 spiro atoms. The highest BCUT2D eigenvalue weighted by Crippen LogP contribution is 2.32. The van der Waals surface area contributed by atoms with Gasteiger partial charge in [-0.1, -0.05) is 13.3 Å². The second kappa shape index (κ2) is 5.25. The molecule has 1 rings (SSSR count). The molecule has 0 aromatic carbocycles. The summed E-state index contributed by atoms with van der Waals surface area (Å²) >= 11 is 0. The summed E-state index contributed by atoms with van der Waals surface area (Å²) in [5.41, 5.74) is 5.36. The molecule has 0 aliphatic carbocycles. The molecule has 1 heterocycles. The lowest BCUT2D eigenvalue weighted by molar-refractivity contribution is -0.141. The first-order valence-corrected chi connectivity index (χ1v) is 5.40. The van der Waals surface area contributed by atoms with Crippen molar-refractivity contribution in [3.63, 3.8) is 0 Å². The molecule has 0 unspecified atom stereocenters. The molecule has 1 aromatic heterocycles. The van der Waals surface area contributed by atoms with Crippen molar-refractivity contribution in [2.75, 3.05) is 24.2 Å². The molecule has 1 aromatic rings. The number of rotatable bonds is 4. The Bertz CT molecular complexity index is 377. The Hall–Kier alpha value is -1.46. The zero-order valence-corrected chi connectivity index (χ0v) is 9.88. The fourth-order valence-corrected chi connectivity index (χ4v) is 1.46. The van der Waals surface area contributed by atoms with Crippen molar-refractivity contribution in [1.29, 1.82) is 0 Å². The fraction of sp³-hybridized carbons (Fsp3) is 0.545. The molecule has 0 aliphatic rings. The SMILES string of the molecule is CCCCN(C)c1cc(C(F)(F)F)ncc1N. The highest BCUT2D eigenvalue weighted by Gasteiger charge is 2.33. The fourth-order valence-electron chi connectivity index (χ4n) is 1.46. The number of alkyl halides is 3. The smallest absolute Gasteiger partial charge is 0.396 e. The van der Waals surface area contributed by atoms with Crippen LogP contribution in [0.25, 0.3) is 0 Å². The number of pyridine rings is 1. The number of nitrogen functional groups attached to an aromatic ring is 1. The summed E-state index contributed by atoms with van der Waals surface area (Å²) in [6, 6.07) is 0.991. The Morgan fingerprint density at radius 3 is 2.59 bits per heavy atom. The van der Waals surface area contributed by atoms with E-state index in [0.717, 1.165) is 25.1 Å². The molecule has 0 saturated heterocycles. The second-order valence-electron chi connectivity index (χ2n) is 3.90. The van der Waals surface area contributed by atoms with Crippen LogP contribution in [0.1, 0.15) is 25.5 Å². The van der Waals surface area contributed by atoms with Crippen LogP contribution >= 0.6 is 0 Å². The molecular formula is C11H16F3N3. The van der Waals surface area contributed by atoms with E-state index in [1.54, 1.807) is 11.9 Å². The van der Waals surface area contributed by atoms with Gasteiger partial charge in [0.1, 0.15) is 5.69 Å². The topological polar surface area (TPSA) is 42.2 Å². The molecule has 0 radical (unpaired) electrons. The minimum atomic E-state index is -4.44. The third kappa shape index (κ3) is 3.51. The van der Waals surface area contributed by atoms with Crippen molar-refractivity contribution in [3.05, 3.63) is 18.0 Å². The Morgan fingerprint density at radius 2 is 2.06 bits per heavy atom.